The summed E-state index contributed by atoms with van der Waals surface area (Å²) in [6.07, 6.45) is 1.95. The van der Waals surface area contributed by atoms with Crippen LogP contribution in [0, 0.1) is 6.92 Å². The first-order chi connectivity index (χ1) is 10.1. The molecule has 0 aliphatic carbocycles. The number of hydrogen-bond donors (Lipinski definition) is 0. The predicted octanol–water partition coefficient (Wildman–Crippen LogP) is 4.56. The average molecular weight is 414 g/mol. The van der Waals surface area contributed by atoms with E-state index in [1.807, 2.05) is 11.7 Å². The molecular formula is C17H22Br2N2. The Kier molecular flexibility index (Phi) is 5.67. The normalized spacial score (nSPS) is 11.9. The van der Waals surface area contributed by atoms with Crippen molar-refractivity contribution in [2.24, 2.45) is 7.05 Å². The minimum absolute atomic E-state index is 0.0458. The van der Waals surface area contributed by atoms with Crippen molar-refractivity contribution in [3.63, 3.8) is 0 Å². The molecule has 21 heavy (non-hydrogen) atoms. The largest absolute Gasteiger partial charge is 0.272 e. The summed E-state index contributed by atoms with van der Waals surface area (Å²) in [7, 11) is 2.04. The van der Waals surface area contributed by atoms with Gasteiger partial charge in [-0.1, -0.05) is 63.0 Å². The van der Waals surface area contributed by atoms with Crippen LogP contribution in [0.5, 0.6) is 0 Å². The van der Waals surface area contributed by atoms with E-state index in [4.69, 9.17) is 0 Å². The minimum atomic E-state index is 0.0458. The van der Waals surface area contributed by atoms with Gasteiger partial charge in [0.25, 0.3) is 0 Å². The summed E-state index contributed by atoms with van der Waals surface area (Å²) in [5.74, 6) is 0. The number of rotatable bonds is 6. The van der Waals surface area contributed by atoms with Crippen LogP contribution in [0.3, 0.4) is 0 Å². The zero-order chi connectivity index (χ0) is 15.5. The number of halogens is 2. The fourth-order valence-corrected chi connectivity index (χ4v) is 4.72. The fourth-order valence-electron chi connectivity index (χ4n) is 2.79. The molecule has 0 amide bonds. The van der Waals surface area contributed by atoms with E-state index >= 15 is 0 Å². The van der Waals surface area contributed by atoms with Crippen molar-refractivity contribution < 1.29 is 0 Å². The molecule has 0 saturated heterocycles. The first-order valence-corrected chi connectivity index (χ1v) is 9.50. The number of aryl methyl sites for hydroxylation is 3. The Hall–Kier alpha value is -0.610. The SMILES string of the molecule is CCc1cc(CC(CBr)(CBr)c2ccccc2C)n(C)n1. The molecule has 114 valence electrons. The van der Waals surface area contributed by atoms with E-state index in [1.165, 1.54) is 16.8 Å². The predicted molar refractivity (Wildman–Crippen MR) is 96.7 cm³/mol. The van der Waals surface area contributed by atoms with E-state index in [9.17, 15) is 0 Å². The second-order valence-electron chi connectivity index (χ2n) is 5.64. The molecule has 0 spiro atoms. The lowest BCUT2D eigenvalue weighted by molar-refractivity contribution is 0.520. The van der Waals surface area contributed by atoms with Crippen molar-refractivity contribution in [3.05, 3.63) is 52.8 Å². The lowest BCUT2D eigenvalue weighted by Crippen LogP contribution is -2.34. The molecule has 2 aromatic rings. The van der Waals surface area contributed by atoms with Crippen molar-refractivity contribution in [3.8, 4) is 0 Å². The summed E-state index contributed by atoms with van der Waals surface area (Å²) in [5.41, 5.74) is 5.24. The standard InChI is InChI=1S/C17H22Br2N2/c1-4-14-9-15(21(3)20-14)10-17(11-18,12-19)16-8-6-5-7-13(16)2/h5-9H,4,10-12H2,1-3H3. The lowest BCUT2D eigenvalue weighted by atomic mass is 9.78. The third kappa shape index (κ3) is 3.42. The third-order valence-electron chi connectivity index (χ3n) is 4.14. The van der Waals surface area contributed by atoms with Crippen LogP contribution in [-0.4, -0.2) is 20.4 Å². The first-order valence-electron chi connectivity index (χ1n) is 7.26. The maximum absolute atomic E-state index is 4.58. The second kappa shape index (κ2) is 7.10. The number of hydrogen-bond acceptors (Lipinski definition) is 1. The van der Waals surface area contributed by atoms with Gasteiger partial charge in [-0.15, -0.1) is 0 Å². The number of aromatic nitrogens is 2. The highest BCUT2D eigenvalue weighted by molar-refractivity contribution is 9.09. The Bertz CT molecular complexity index is 601. The highest BCUT2D eigenvalue weighted by Crippen LogP contribution is 2.34. The summed E-state index contributed by atoms with van der Waals surface area (Å²) in [6, 6.07) is 10.9. The maximum atomic E-state index is 4.58. The number of alkyl halides is 2. The van der Waals surface area contributed by atoms with Crippen molar-refractivity contribution in [2.45, 2.75) is 32.1 Å². The molecule has 0 radical (unpaired) electrons. The van der Waals surface area contributed by atoms with Crippen LogP contribution in [-0.2, 0) is 25.3 Å². The van der Waals surface area contributed by atoms with E-state index < -0.39 is 0 Å². The van der Waals surface area contributed by atoms with Crippen LogP contribution in [0.1, 0.15) is 29.4 Å². The Morgan fingerprint density at radius 2 is 1.86 bits per heavy atom. The molecule has 2 nitrogen and oxygen atoms in total. The Morgan fingerprint density at radius 1 is 1.19 bits per heavy atom. The van der Waals surface area contributed by atoms with Crippen LogP contribution in [0.25, 0.3) is 0 Å². The Labute approximate surface area is 144 Å². The van der Waals surface area contributed by atoms with Crippen LogP contribution < -0.4 is 0 Å². The molecule has 1 aromatic carbocycles. The monoisotopic (exact) mass is 412 g/mol. The van der Waals surface area contributed by atoms with Crippen molar-refractivity contribution in [1.29, 1.82) is 0 Å². The lowest BCUT2D eigenvalue weighted by Gasteiger charge is -2.32. The summed E-state index contributed by atoms with van der Waals surface area (Å²) in [4.78, 5) is 0. The fraction of sp³-hybridized carbons (Fsp3) is 0.471. The van der Waals surface area contributed by atoms with Gasteiger partial charge in [-0.25, -0.2) is 0 Å². The van der Waals surface area contributed by atoms with Gasteiger partial charge >= 0.3 is 0 Å². The summed E-state index contributed by atoms with van der Waals surface area (Å²) >= 11 is 7.50. The van der Waals surface area contributed by atoms with Gasteiger partial charge in [0.1, 0.15) is 0 Å². The van der Waals surface area contributed by atoms with Crippen LogP contribution in [0.2, 0.25) is 0 Å². The summed E-state index contributed by atoms with van der Waals surface area (Å²) in [5, 5.41) is 6.42. The van der Waals surface area contributed by atoms with E-state index in [1.54, 1.807) is 0 Å². The zero-order valence-electron chi connectivity index (χ0n) is 12.9. The number of nitrogens with zero attached hydrogens (tertiary/aromatic N) is 2. The molecule has 0 saturated carbocycles. The van der Waals surface area contributed by atoms with E-state index in [0.29, 0.717) is 0 Å². The van der Waals surface area contributed by atoms with Gasteiger partial charge < -0.3 is 0 Å². The molecule has 4 heteroatoms. The molecule has 1 heterocycles. The third-order valence-corrected chi connectivity index (χ3v) is 6.28. The first kappa shape index (κ1) is 16.8. The average Bonchev–Trinajstić information content (AvgIpc) is 2.86. The van der Waals surface area contributed by atoms with Crippen molar-refractivity contribution >= 4 is 31.9 Å². The van der Waals surface area contributed by atoms with Crippen LogP contribution in [0.15, 0.2) is 30.3 Å². The molecule has 0 atom stereocenters. The van der Waals surface area contributed by atoms with E-state index in [2.05, 4.69) is 81.1 Å². The van der Waals surface area contributed by atoms with Gasteiger partial charge in [-0.2, -0.15) is 5.10 Å². The molecule has 0 fully saturated rings. The van der Waals surface area contributed by atoms with Gasteiger partial charge in [-0.05, 0) is 30.5 Å². The van der Waals surface area contributed by atoms with Crippen LogP contribution >= 0.6 is 31.9 Å². The minimum Gasteiger partial charge on any atom is -0.272 e. The topological polar surface area (TPSA) is 17.8 Å². The molecular weight excluding hydrogens is 392 g/mol. The highest BCUT2D eigenvalue weighted by Gasteiger charge is 2.32. The van der Waals surface area contributed by atoms with Gasteiger partial charge in [0.2, 0.25) is 0 Å². The van der Waals surface area contributed by atoms with E-state index in [0.717, 1.165) is 29.2 Å². The number of benzene rings is 1. The van der Waals surface area contributed by atoms with Gasteiger partial charge in [0.15, 0.2) is 0 Å². The highest BCUT2D eigenvalue weighted by atomic mass is 79.9. The van der Waals surface area contributed by atoms with Crippen molar-refractivity contribution in [2.75, 3.05) is 10.7 Å². The summed E-state index contributed by atoms with van der Waals surface area (Å²) in [6.45, 7) is 4.34. The molecule has 0 N–H and O–H groups in total. The van der Waals surface area contributed by atoms with Crippen molar-refractivity contribution in [1.82, 2.24) is 9.78 Å². The maximum Gasteiger partial charge on any atom is 0.0624 e. The van der Waals surface area contributed by atoms with Gasteiger partial charge in [0.05, 0.1) is 5.69 Å². The molecule has 1 aromatic heterocycles. The van der Waals surface area contributed by atoms with Gasteiger partial charge in [-0.3, -0.25) is 4.68 Å². The Morgan fingerprint density at radius 3 is 2.38 bits per heavy atom. The molecule has 0 aliphatic rings. The Balaban J connectivity index is 2.43. The van der Waals surface area contributed by atoms with Gasteiger partial charge in [0, 0.05) is 35.2 Å². The second-order valence-corrected chi connectivity index (χ2v) is 6.76. The van der Waals surface area contributed by atoms with Crippen LogP contribution in [0.4, 0.5) is 0 Å². The molecule has 2 rings (SSSR count). The zero-order valence-corrected chi connectivity index (χ0v) is 16.0. The van der Waals surface area contributed by atoms with E-state index in [-0.39, 0.29) is 5.41 Å². The molecule has 0 bridgehead atoms. The quantitative estimate of drug-likeness (QED) is 0.634. The molecule has 0 aliphatic heterocycles. The summed E-state index contributed by atoms with van der Waals surface area (Å²) < 4.78 is 2.02. The smallest absolute Gasteiger partial charge is 0.0624 e. The molecule has 0 unspecified atom stereocenters.